The number of pyridine rings is 1. The van der Waals surface area contributed by atoms with E-state index in [1.54, 1.807) is 6.20 Å². The van der Waals surface area contributed by atoms with Gasteiger partial charge in [-0.1, -0.05) is 6.07 Å². The zero-order valence-corrected chi connectivity index (χ0v) is 10.4. The van der Waals surface area contributed by atoms with Gasteiger partial charge in [-0.05, 0) is 27.6 Å². The van der Waals surface area contributed by atoms with E-state index in [9.17, 15) is 8.42 Å². The van der Waals surface area contributed by atoms with Crippen molar-refractivity contribution in [1.29, 1.82) is 0 Å². The Hall–Kier alpha value is -0.460. The van der Waals surface area contributed by atoms with Gasteiger partial charge in [-0.2, -0.15) is 0 Å². The zero-order chi connectivity index (χ0) is 10.9. The Morgan fingerprint density at radius 3 is 2.87 bits per heavy atom. The predicted molar refractivity (Wildman–Crippen MR) is 61.2 cm³/mol. The third-order valence-electron chi connectivity index (χ3n) is 2.33. The number of rotatable bonds is 3. The van der Waals surface area contributed by atoms with Crippen LogP contribution in [0.5, 0.6) is 0 Å². The lowest BCUT2D eigenvalue weighted by Gasteiger charge is -2.26. The Balaban J connectivity index is 1.87. The largest absolute Gasteiger partial charge is 0.308 e. The summed E-state index contributed by atoms with van der Waals surface area (Å²) < 4.78 is 22.6. The molecule has 1 fully saturated rings. The lowest BCUT2D eigenvalue weighted by molar-refractivity contribution is 0.511. The van der Waals surface area contributed by atoms with E-state index in [2.05, 4.69) is 26.2 Å². The first-order chi connectivity index (χ1) is 7.07. The molecule has 0 unspecified atom stereocenters. The summed E-state index contributed by atoms with van der Waals surface area (Å²) in [7, 11) is -2.74. The van der Waals surface area contributed by atoms with Crippen LogP contribution in [0, 0.1) is 0 Å². The van der Waals surface area contributed by atoms with Crippen molar-refractivity contribution >= 4 is 25.8 Å². The average molecular weight is 291 g/mol. The second kappa shape index (κ2) is 4.19. The number of halogens is 1. The summed E-state index contributed by atoms with van der Waals surface area (Å²) in [5, 5.41) is 3.18. The van der Waals surface area contributed by atoms with Crippen LogP contribution in [0.1, 0.15) is 5.56 Å². The van der Waals surface area contributed by atoms with E-state index >= 15 is 0 Å². The lowest BCUT2D eigenvalue weighted by Crippen LogP contribution is -2.50. The highest BCUT2D eigenvalue weighted by Gasteiger charge is 2.32. The van der Waals surface area contributed by atoms with Crippen molar-refractivity contribution in [2.75, 3.05) is 11.5 Å². The smallest absolute Gasteiger partial charge is 0.153 e. The first-order valence-electron chi connectivity index (χ1n) is 4.60. The molecule has 15 heavy (non-hydrogen) atoms. The number of aromatic nitrogens is 1. The van der Waals surface area contributed by atoms with Gasteiger partial charge in [0.25, 0.3) is 0 Å². The van der Waals surface area contributed by atoms with Crippen molar-refractivity contribution < 1.29 is 8.42 Å². The molecule has 0 bridgehead atoms. The molecule has 0 aromatic carbocycles. The molecule has 1 saturated heterocycles. The molecule has 4 nitrogen and oxygen atoms in total. The molecule has 0 spiro atoms. The van der Waals surface area contributed by atoms with Gasteiger partial charge < -0.3 is 5.32 Å². The van der Waals surface area contributed by atoms with Crippen LogP contribution in [0.2, 0.25) is 0 Å². The number of nitrogens with zero attached hydrogens (tertiary/aromatic N) is 1. The van der Waals surface area contributed by atoms with Gasteiger partial charge >= 0.3 is 0 Å². The first kappa shape index (κ1) is 11.0. The Kier molecular flexibility index (Phi) is 3.08. The predicted octanol–water partition coefficient (Wildman–Crippen LogP) is 0.731. The molecule has 1 N–H and O–H groups in total. The molecular formula is C9H11BrN2O2S. The minimum absolute atomic E-state index is 0.0992. The lowest BCUT2D eigenvalue weighted by atomic mass is 10.2. The molecule has 1 aromatic heterocycles. The molecule has 0 aliphatic carbocycles. The molecule has 0 atom stereocenters. The van der Waals surface area contributed by atoms with E-state index in [-0.39, 0.29) is 17.5 Å². The van der Waals surface area contributed by atoms with E-state index in [0.717, 1.165) is 10.2 Å². The van der Waals surface area contributed by atoms with E-state index in [1.165, 1.54) is 0 Å². The molecule has 1 aliphatic rings. The van der Waals surface area contributed by atoms with Crippen molar-refractivity contribution in [3.05, 3.63) is 28.5 Å². The van der Waals surface area contributed by atoms with Gasteiger partial charge in [0.15, 0.2) is 9.84 Å². The fourth-order valence-corrected chi connectivity index (χ4v) is 3.24. The van der Waals surface area contributed by atoms with Crippen LogP contribution < -0.4 is 5.32 Å². The van der Waals surface area contributed by atoms with E-state index in [4.69, 9.17) is 0 Å². The third-order valence-corrected chi connectivity index (χ3v) is 4.86. The summed E-state index contributed by atoms with van der Waals surface area (Å²) in [4.78, 5) is 4.09. The highest BCUT2D eigenvalue weighted by atomic mass is 79.9. The SMILES string of the molecule is O=S1(=O)CC(NCc2cccnc2Br)C1. The van der Waals surface area contributed by atoms with Gasteiger partial charge in [-0.25, -0.2) is 13.4 Å². The monoisotopic (exact) mass is 290 g/mol. The standard InChI is InChI=1S/C9H11BrN2O2S/c10-9-7(2-1-3-11-9)4-12-8-5-15(13,14)6-8/h1-3,8,12H,4-6H2. The van der Waals surface area contributed by atoms with E-state index in [1.807, 2.05) is 12.1 Å². The fourth-order valence-electron chi connectivity index (χ4n) is 1.49. The Bertz CT molecular complexity index is 449. The molecule has 2 rings (SSSR count). The van der Waals surface area contributed by atoms with Gasteiger partial charge in [0.1, 0.15) is 4.60 Å². The summed E-state index contributed by atoms with van der Waals surface area (Å²) in [6.45, 7) is 0.647. The van der Waals surface area contributed by atoms with Crippen LogP contribution in [-0.2, 0) is 16.4 Å². The highest BCUT2D eigenvalue weighted by Crippen LogP contribution is 2.15. The second-order valence-electron chi connectivity index (χ2n) is 3.61. The summed E-state index contributed by atoms with van der Waals surface area (Å²) in [5.74, 6) is 0.510. The summed E-state index contributed by atoms with van der Waals surface area (Å²) >= 11 is 3.34. The van der Waals surface area contributed by atoms with Crippen LogP contribution in [0.3, 0.4) is 0 Å². The summed E-state index contributed by atoms with van der Waals surface area (Å²) in [6, 6.07) is 3.92. The van der Waals surface area contributed by atoms with Gasteiger partial charge in [0, 0.05) is 18.8 Å². The Morgan fingerprint density at radius 1 is 1.53 bits per heavy atom. The number of hydrogen-bond acceptors (Lipinski definition) is 4. The molecule has 1 aliphatic heterocycles. The van der Waals surface area contributed by atoms with Crippen LogP contribution in [0.4, 0.5) is 0 Å². The van der Waals surface area contributed by atoms with Crippen LogP contribution in [0.25, 0.3) is 0 Å². The van der Waals surface area contributed by atoms with Crippen molar-refractivity contribution in [2.45, 2.75) is 12.6 Å². The third kappa shape index (κ3) is 2.76. The zero-order valence-electron chi connectivity index (χ0n) is 7.98. The molecular weight excluding hydrogens is 280 g/mol. The van der Waals surface area contributed by atoms with Crippen molar-refractivity contribution in [2.24, 2.45) is 0 Å². The van der Waals surface area contributed by atoms with Crippen LogP contribution in [-0.4, -0.2) is 30.9 Å². The minimum atomic E-state index is -2.74. The normalized spacial score (nSPS) is 19.8. The maximum Gasteiger partial charge on any atom is 0.153 e. The highest BCUT2D eigenvalue weighted by molar-refractivity contribution is 9.10. The quantitative estimate of drug-likeness (QED) is 0.834. The van der Waals surface area contributed by atoms with Crippen LogP contribution in [0.15, 0.2) is 22.9 Å². The molecule has 2 heterocycles. The number of nitrogens with one attached hydrogen (secondary N) is 1. The molecule has 1 aromatic rings. The summed E-state index contributed by atoms with van der Waals surface area (Å²) in [5.41, 5.74) is 1.04. The minimum Gasteiger partial charge on any atom is -0.308 e. The van der Waals surface area contributed by atoms with E-state index < -0.39 is 9.84 Å². The number of hydrogen-bond donors (Lipinski definition) is 1. The molecule has 0 saturated carbocycles. The molecule has 82 valence electrons. The van der Waals surface area contributed by atoms with Gasteiger partial charge in [0.05, 0.1) is 11.5 Å². The van der Waals surface area contributed by atoms with Gasteiger partial charge in [-0.3, -0.25) is 0 Å². The maximum atomic E-state index is 10.9. The second-order valence-corrected chi connectivity index (χ2v) is 6.51. The van der Waals surface area contributed by atoms with Crippen molar-refractivity contribution in [1.82, 2.24) is 10.3 Å². The van der Waals surface area contributed by atoms with Gasteiger partial charge in [0.2, 0.25) is 0 Å². The van der Waals surface area contributed by atoms with Gasteiger partial charge in [-0.15, -0.1) is 0 Å². The Labute approximate surface area is 97.1 Å². The first-order valence-corrected chi connectivity index (χ1v) is 7.21. The maximum absolute atomic E-state index is 10.9. The van der Waals surface area contributed by atoms with Crippen molar-refractivity contribution in [3.63, 3.8) is 0 Å². The summed E-state index contributed by atoms with van der Waals surface area (Å²) in [6.07, 6.45) is 1.71. The average Bonchev–Trinajstić information content (AvgIpc) is 2.13. The van der Waals surface area contributed by atoms with E-state index in [0.29, 0.717) is 6.54 Å². The molecule has 0 radical (unpaired) electrons. The molecule has 6 heteroatoms. The fraction of sp³-hybridized carbons (Fsp3) is 0.444. The number of sulfone groups is 1. The van der Waals surface area contributed by atoms with Crippen molar-refractivity contribution in [3.8, 4) is 0 Å². The topological polar surface area (TPSA) is 59.1 Å². The molecule has 0 amide bonds. The Morgan fingerprint density at radius 2 is 2.27 bits per heavy atom. The van der Waals surface area contributed by atoms with Crippen LogP contribution >= 0.6 is 15.9 Å².